The van der Waals surface area contributed by atoms with Gasteiger partial charge in [-0.25, -0.2) is 15.0 Å². The summed E-state index contributed by atoms with van der Waals surface area (Å²) in [6, 6.07) is 1.85. The Hall–Kier alpha value is -4.79. The molecule has 1 aliphatic rings. The number of fused-ring (bicyclic) bond motifs is 1. The maximum absolute atomic E-state index is 13.5. The predicted molar refractivity (Wildman–Crippen MR) is 143 cm³/mol. The summed E-state index contributed by atoms with van der Waals surface area (Å²) in [4.78, 5) is 30.0. The molecule has 0 spiro atoms. The lowest BCUT2D eigenvalue weighted by Gasteiger charge is -2.42. The second kappa shape index (κ2) is 11.4. The number of aliphatic imine (C=N–C) groups is 2. The second-order valence-corrected chi connectivity index (χ2v) is 9.24. The minimum absolute atomic E-state index is 0.0968. The first kappa shape index (κ1) is 27.8. The van der Waals surface area contributed by atoms with Gasteiger partial charge < -0.3 is 14.9 Å². The number of aromatic nitrogens is 6. The number of H-pyrrole nitrogens is 1. The number of alkyl halides is 3. The van der Waals surface area contributed by atoms with Crippen LogP contribution in [0.1, 0.15) is 40.1 Å². The van der Waals surface area contributed by atoms with Gasteiger partial charge in [-0.1, -0.05) is 0 Å². The van der Waals surface area contributed by atoms with Gasteiger partial charge in [-0.2, -0.15) is 23.4 Å². The Bertz CT molecular complexity index is 1600. The van der Waals surface area contributed by atoms with E-state index in [2.05, 4.69) is 37.0 Å². The molecule has 1 amide bonds. The highest BCUT2D eigenvalue weighted by atomic mass is 19.4. The molecule has 1 aliphatic heterocycles. The Morgan fingerprint density at radius 2 is 2.07 bits per heavy atom. The number of carbonyl (C=O) groups is 1. The van der Waals surface area contributed by atoms with Crippen LogP contribution in [-0.2, 0) is 12.7 Å². The Kier molecular flexibility index (Phi) is 7.70. The van der Waals surface area contributed by atoms with Crippen molar-refractivity contribution in [1.82, 2.24) is 39.2 Å². The maximum atomic E-state index is 13.5. The normalized spacial score (nSPS) is 17.0. The van der Waals surface area contributed by atoms with E-state index < -0.39 is 17.8 Å². The quantitative estimate of drug-likeness (QED) is 0.260. The number of aliphatic hydroxyl groups excluding tert-OH is 1. The monoisotopic (exact) mass is 568 g/mol. The number of halogens is 3. The average Bonchev–Trinajstić information content (AvgIpc) is 3.74. The molecule has 41 heavy (non-hydrogen) atoms. The molecule has 1 unspecified atom stereocenters. The van der Waals surface area contributed by atoms with Crippen LogP contribution >= 0.6 is 0 Å². The van der Waals surface area contributed by atoms with Gasteiger partial charge >= 0.3 is 6.18 Å². The van der Waals surface area contributed by atoms with Gasteiger partial charge in [-0.15, -0.1) is 0 Å². The Labute approximate surface area is 232 Å². The minimum atomic E-state index is -4.53. The van der Waals surface area contributed by atoms with E-state index in [4.69, 9.17) is 0 Å². The van der Waals surface area contributed by atoms with Crippen LogP contribution in [0.15, 0.2) is 71.2 Å². The smallest absolute Gasteiger partial charge is 0.394 e. The molecule has 0 aliphatic carbocycles. The second-order valence-electron chi connectivity index (χ2n) is 9.24. The zero-order chi connectivity index (χ0) is 29.1. The van der Waals surface area contributed by atoms with Crippen molar-refractivity contribution >= 4 is 24.1 Å². The zero-order valence-electron chi connectivity index (χ0n) is 22.0. The molecule has 0 radical (unpaired) electrons. The summed E-state index contributed by atoms with van der Waals surface area (Å²) in [5.74, 6) is 0.385. The van der Waals surface area contributed by atoms with E-state index in [9.17, 15) is 23.1 Å². The fourth-order valence-corrected chi connectivity index (χ4v) is 4.74. The molecular weight excluding hydrogens is 541 g/mol. The number of amidine groups is 1. The molecule has 12 nitrogen and oxygen atoms in total. The van der Waals surface area contributed by atoms with Crippen molar-refractivity contribution < 1.29 is 23.1 Å². The van der Waals surface area contributed by atoms with Crippen molar-refractivity contribution in [3.8, 4) is 0 Å². The van der Waals surface area contributed by atoms with Crippen LogP contribution in [0.4, 0.5) is 13.2 Å². The van der Waals surface area contributed by atoms with E-state index in [1.165, 1.54) is 27.5 Å². The Balaban J connectivity index is 1.43. The molecule has 1 fully saturated rings. The molecule has 15 heteroatoms. The molecule has 4 aromatic rings. The Morgan fingerprint density at radius 3 is 2.76 bits per heavy atom. The van der Waals surface area contributed by atoms with Gasteiger partial charge in [0.05, 0.1) is 48.9 Å². The topological polar surface area (TPSA) is 132 Å². The van der Waals surface area contributed by atoms with Crippen molar-refractivity contribution in [2.24, 2.45) is 9.98 Å². The molecule has 5 rings (SSSR count). The number of aliphatic hydroxyl groups is 1. The van der Waals surface area contributed by atoms with Gasteiger partial charge in [0, 0.05) is 43.8 Å². The first-order valence-electron chi connectivity index (χ1n) is 12.7. The number of aromatic amines is 1. The first-order valence-corrected chi connectivity index (χ1v) is 12.7. The van der Waals surface area contributed by atoms with Crippen LogP contribution in [0.3, 0.4) is 0 Å². The number of nitrogens with zero attached hydrogens (tertiary/aromatic N) is 9. The molecule has 0 bridgehead atoms. The molecule has 1 saturated heterocycles. The van der Waals surface area contributed by atoms with Crippen LogP contribution < -0.4 is 0 Å². The van der Waals surface area contributed by atoms with Crippen molar-refractivity contribution in [3.63, 3.8) is 0 Å². The fourth-order valence-electron chi connectivity index (χ4n) is 4.74. The average molecular weight is 569 g/mol. The van der Waals surface area contributed by atoms with Gasteiger partial charge in [0.15, 0.2) is 5.84 Å². The summed E-state index contributed by atoms with van der Waals surface area (Å²) in [5.41, 5.74) is 0.911. The highest BCUT2D eigenvalue weighted by Gasteiger charge is 2.34. The zero-order valence-corrected chi connectivity index (χ0v) is 22.0. The highest BCUT2D eigenvalue weighted by molar-refractivity contribution is 6.01. The third kappa shape index (κ3) is 5.61. The SMILES string of the molecule is C=NC(=N/C(=C\C)N1CCN(C(=O)c2cnn(CCO)c2)C(c2cn[nH]c2)C1)c1cnc2ccc(C(F)(F)F)cn12. The summed E-state index contributed by atoms with van der Waals surface area (Å²) >= 11 is 0. The lowest BCUT2D eigenvalue weighted by atomic mass is 10.0. The van der Waals surface area contributed by atoms with Crippen molar-refractivity contribution in [3.05, 3.63) is 83.6 Å². The van der Waals surface area contributed by atoms with Crippen LogP contribution in [0.5, 0.6) is 0 Å². The van der Waals surface area contributed by atoms with Gasteiger partial charge in [-0.3, -0.25) is 19.0 Å². The number of hydrogen-bond acceptors (Lipinski definition) is 7. The third-order valence-electron chi connectivity index (χ3n) is 6.77. The van der Waals surface area contributed by atoms with Crippen LogP contribution in [0.25, 0.3) is 5.65 Å². The Morgan fingerprint density at radius 1 is 1.24 bits per heavy atom. The summed E-state index contributed by atoms with van der Waals surface area (Å²) < 4.78 is 42.9. The highest BCUT2D eigenvalue weighted by Crippen LogP contribution is 2.31. The first-order chi connectivity index (χ1) is 19.7. The number of hydrogen-bond donors (Lipinski definition) is 2. The standard InChI is InChI=1S/C26H27F3N10O2/c1-3-22(35-24(30-2)20-13-31-23-5-4-19(15-39(20)23)26(27,28)29)36-6-7-38(21(16-36)17-10-32-33-11-17)25(41)18-12-34-37(14-18)8-9-40/h3-5,10-15,21,40H,2,6-9,16H2,1H3,(H,32,33)/b22-3+,35-24?. The molecule has 0 aromatic carbocycles. The number of imidazole rings is 1. The van der Waals surface area contributed by atoms with E-state index in [1.807, 2.05) is 4.90 Å². The molecule has 2 N–H and O–H groups in total. The van der Waals surface area contributed by atoms with Crippen molar-refractivity contribution in [2.75, 3.05) is 26.2 Å². The number of carbonyl (C=O) groups excluding carboxylic acids is 1. The van der Waals surface area contributed by atoms with E-state index in [0.29, 0.717) is 36.7 Å². The summed E-state index contributed by atoms with van der Waals surface area (Å²) in [6.45, 7) is 6.67. The van der Waals surface area contributed by atoms with Crippen LogP contribution in [0, 0.1) is 0 Å². The number of piperazine rings is 1. The fraction of sp³-hybridized carbons (Fsp3) is 0.308. The van der Waals surface area contributed by atoms with E-state index in [-0.39, 0.29) is 30.6 Å². The molecule has 5 heterocycles. The van der Waals surface area contributed by atoms with E-state index in [1.54, 1.807) is 36.5 Å². The summed E-state index contributed by atoms with van der Waals surface area (Å²) in [6.07, 6.45) is 6.03. The van der Waals surface area contributed by atoms with Gasteiger partial charge in [0.2, 0.25) is 0 Å². The predicted octanol–water partition coefficient (Wildman–Crippen LogP) is 2.77. The maximum Gasteiger partial charge on any atom is 0.417 e. The number of nitrogens with one attached hydrogen (secondary N) is 1. The lowest BCUT2D eigenvalue weighted by molar-refractivity contribution is -0.137. The summed E-state index contributed by atoms with van der Waals surface area (Å²) in [7, 11) is 0. The van der Waals surface area contributed by atoms with Gasteiger partial charge in [-0.05, 0) is 31.9 Å². The number of amides is 1. The van der Waals surface area contributed by atoms with E-state index >= 15 is 0 Å². The van der Waals surface area contributed by atoms with Gasteiger partial charge in [0.1, 0.15) is 17.2 Å². The number of allylic oxidation sites excluding steroid dienone is 1. The third-order valence-corrected chi connectivity index (χ3v) is 6.77. The van der Waals surface area contributed by atoms with E-state index in [0.717, 1.165) is 17.8 Å². The van der Waals surface area contributed by atoms with Gasteiger partial charge in [0.25, 0.3) is 5.91 Å². The van der Waals surface area contributed by atoms with Crippen LogP contribution in [-0.4, -0.2) is 89.0 Å². The largest absolute Gasteiger partial charge is 0.417 e. The molecule has 214 valence electrons. The van der Waals surface area contributed by atoms with Crippen molar-refractivity contribution in [1.29, 1.82) is 0 Å². The molecule has 0 saturated carbocycles. The van der Waals surface area contributed by atoms with Crippen LogP contribution in [0.2, 0.25) is 0 Å². The molecule has 1 atom stereocenters. The summed E-state index contributed by atoms with van der Waals surface area (Å²) in [5, 5.41) is 20.2. The number of pyridine rings is 1. The molecule has 4 aromatic heterocycles. The number of rotatable bonds is 7. The lowest BCUT2D eigenvalue weighted by Crippen LogP contribution is -2.50. The molecular formula is C26H27F3N10O2. The van der Waals surface area contributed by atoms with Crippen molar-refractivity contribution in [2.45, 2.75) is 25.7 Å². The minimum Gasteiger partial charge on any atom is -0.394 e.